The van der Waals surface area contributed by atoms with Crippen LogP contribution >= 0.6 is 11.8 Å². The summed E-state index contributed by atoms with van der Waals surface area (Å²) < 4.78 is 6.21. The summed E-state index contributed by atoms with van der Waals surface area (Å²) in [5, 5.41) is -0.850. The van der Waals surface area contributed by atoms with Gasteiger partial charge >= 0.3 is 5.97 Å². The Kier molecular flexibility index (Phi) is 6.99. The normalized spacial score (nSPS) is 20.8. The van der Waals surface area contributed by atoms with Crippen LogP contribution in [0.25, 0.3) is 0 Å². The summed E-state index contributed by atoms with van der Waals surface area (Å²) in [6.45, 7) is 8.47. The summed E-state index contributed by atoms with van der Waals surface area (Å²) in [4.78, 5) is 27.9. The third-order valence-electron chi connectivity index (χ3n) is 6.41. The highest BCUT2D eigenvalue weighted by Gasteiger charge is 2.48. The largest absolute Gasteiger partial charge is 0.453 e. The minimum absolute atomic E-state index is 0.0699. The van der Waals surface area contributed by atoms with E-state index in [4.69, 9.17) is 4.74 Å². The number of esters is 1. The van der Waals surface area contributed by atoms with Crippen molar-refractivity contribution < 1.29 is 14.3 Å². The molecule has 1 aliphatic heterocycles. The Bertz CT molecular complexity index is 1140. The third-order valence-corrected chi connectivity index (χ3v) is 7.70. The summed E-state index contributed by atoms with van der Waals surface area (Å²) >= 11 is 1.33. The molecule has 3 aromatic rings. The lowest BCUT2D eigenvalue weighted by Gasteiger charge is -2.39. The van der Waals surface area contributed by atoms with Crippen LogP contribution in [0, 0.1) is 6.92 Å². The Morgan fingerprint density at radius 3 is 2.21 bits per heavy atom. The number of ketones is 1. The van der Waals surface area contributed by atoms with Crippen LogP contribution in [0.2, 0.25) is 0 Å². The van der Waals surface area contributed by atoms with Crippen molar-refractivity contribution in [1.82, 2.24) is 0 Å². The van der Waals surface area contributed by atoms with Crippen LogP contribution in [0.5, 0.6) is 0 Å². The molecule has 1 aliphatic rings. The van der Waals surface area contributed by atoms with Crippen LogP contribution in [-0.2, 0) is 31.8 Å². The molecule has 2 atom stereocenters. The van der Waals surface area contributed by atoms with E-state index in [-0.39, 0.29) is 17.6 Å². The second-order valence-corrected chi connectivity index (χ2v) is 11.3. The van der Waals surface area contributed by atoms with Gasteiger partial charge in [0.1, 0.15) is 5.60 Å². The van der Waals surface area contributed by atoms with Crippen molar-refractivity contribution in [3.63, 3.8) is 0 Å². The fraction of sp³-hybridized carbons (Fsp3) is 0.333. The van der Waals surface area contributed by atoms with Crippen molar-refractivity contribution >= 4 is 23.5 Å². The molecule has 1 saturated heterocycles. The molecule has 176 valence electrons. The highest BCUT2D eigenvalue weighted by Crippen LogP contribution is 2.43. The summed E-state index contributed by atoms with van der Waals surface area (Å²) in [7, 11) is 0. The molecule has 0 amide bonds. The number of aryl methyl sites for hydroxylation is 2. The smallest absolute Gasteiger partial charge is 0.327 e. The Hall–Kier alpha value is -2.85. The Morgan fingerprint density at radius 1 is 0.941 bits per heavy atom. The number of Topliss-reactive ketones (excluding diaryl/α,β-unsaturated/α-hetero) is 1. The standard InChI is InChI=1S/C30H32O3S/c1-21-15-16-24(29(2,3)4)26(19-21)34-27-25(31)20-30(33-28(27)32,23-13-9-6-10-14-23)18-17-22-11-7-5-8-12-22/h5-16,19,27H,17-18,20H2,1-4H3/t27?,30-/m0/s1. The van der Waals surface area contributed by atoms with E-state index >= 15 is 0 Å². The Morgan fingerprint density at radius 2 is 1.59 bits per heavy atom. The van der Waals surface area contributed by atoms with Gasteiger partial charge < -0.3 is 4.74 Å². The average molecular weight is 473 g/mol. The highest BCUT2D eigenvalue weighted by atomic mass is 32.2. The number of ether oxygens (including phenoxy) is 1. The summed E-state index contributed by atoms with van der Waals surface area (Å²) in [5.74, 6) is -0.515. The second kappa shape index (κ2) is 9.79. The Labute approximate surface area is 206 Å². The van der Waals surface area contributed by atoms with E-state index in [1.54, 1.807) is 0 Å². The quantitative estimate of drug-likeness (QED) is 0.292. The van der Waals surface area contributed by atoms with Gasteiger partial charge in [0.25, 0.3) is 0 Å². The molecule has 0 N–H and O–H groups in total. The maximum atomic E-state index is 13.5. The zero-order chi connectivity index (χ0) is 24.3. The molecular weight excluding hydrogens is 440 g/mol. The number of rotatable bonds is 6. The number of carbonyl (C=O) groups is 2. The van der Waals surface area contributed by atoms with Crippen LogP contribution in [0.1, 0.15) is 55.9 Å². The van der Waals surface area contributed by atoms with E-state index in [2.05, 4.69) is 51.1 Å². The molecule has 4 rings (SSSR count). The van der Waals surface area contributed by atoms with E-state index in [9.17, 15) is 9.59 Å². The Balaban J connectivity index is 1.62. The van der Waals surface area contributed by atoms with E-state index in [1.165, 1.54) is 11.8 Å². The highest BCUT2D eigenvalue weighted by molar-refractivity contribution is 8.01. The monoisotopic (exact) mass is 472 g/mol. The first-order valence-electron chi connectivity index (χ1n) is 11.8. The molecule has 0 bridgehead atoms. The lowest BCUT2D eigenvalue weighted by molar-refractivity contribution is -0.171. The molecule has 3 nitrogen and oxygen atoms in total. The zero-order valence-electron chi connectivity index (χ0n) is 20.3. The molecule has 0 spiro atoms. The van der Waals surface area contributed by atoms with Gasteiger partial charge in [-0.1, -0.05) is 93.6 Å². The number of hydrogen-bond donors (Lipinski definition) is 0. The van der Waals surface area contributed by atoms with Crippen molar-refractivity contribution in [2.45, 2.75) is 68.1 Å². The minimum Gasteiger partial charge on any atom is -0.453 e. The van der Waals surface area contributed by atoms with Gasteiger partial charge in [0.15, 0.2) is 11.0 Å². The summed E-state index contributed by atoms with van der Waals surface area (Å²) in [5.41, 5.74) is 3.24. The summed E-state index contributed by atoms with van der Waals surface area (Å²) in [6.07, 6.45) is 1.47. The van der Waals surface area contributed by atoms with Crippen molar-refractivity contribution in [1.29, 1.82) is 0 Å². The molecule has 4 heteroatoms. The first-order valence-corrected chi connectivity index (χ1v) is 12.7. The van der Waals surface area contributed by atoms with Gasteiger partial charge in [0.2, 0.25) is 0 Å². The molecule has 1 unspecified atom stereocenters. The third kappa shape index (κ3) is 5.28. The first kappa shape index (κ1) is 24.3. The molecule has 0 aromatic heterocycles. The van der Waals surface area contributed by atoms with E-state index in [0.717, 1.165) is 33.6 Å². The molecule has 0 radical (unpaired) electrons. The van der Waals surface area contributed by atoms with Crippen molar-refractivity contribution in [3.05, 3.63) is 101 Å². The first-order chi connectivity index (χ1) is 16.2. The van der Waals surface area contributed by atoms with E-state index in [1.807, 2.05) is 55.5 Å². The number of benzene rings is 3. The van der Waals surface area contributed by atoms with Gasteiger partial charge in [-0.15, -0.1) is 11.8 Å². The molecular formula is C30H32O3S. The van der Waals surface area contributed by atoms with Crippen molar-refractivity contribution in [2.24, 2.45) is 0 Å². The minimum atomic E-state index is -0.943. The van der Waals surface area contributed by atoms with Gasteiger partial charge in [-0.2, -0.15) is 0 Å². The second-order valence-electron chi connectivity index (χ2n) is 10.2. The number of thioether (sulfide) groups is 1. The predicted octanol–water partition coefficient (Wildman–Crippen LogP) is 6.80. The number of hydrogen-bond acceptors (Lipinski definition) is 4. The predicted molar refractivity (Wildman–Crippen MR) is 138 cm³/mol. The maximum absolute atomic E-state index is 13.5. The van der Waals surface area contributed by atoms with Gasteiger partial charge in [0.05, 0.1) is 6.42 Å². The van der Waals surface area contributed by atoms with Gasteiger partial charge in [-0.25, -0.2) is 0 Å². The number of cyclic esters (lactones) is 1. The van der Waals surface area contributed by atoms with Crippen molar-refractivity contribution in [3.8, 4) is 0 Å². The topological polar surface area (TPSA) is 43.4 Å². The average Bonchev–Trinajstić information content (AvgIpc) is 2.81. The molecule has 1 heterocycles. The molecule has 0 aliphatic carbocycles. The van der Waals surface area contributed by atoms with Gasteiger partial charge in [0, 0.05) is 4.90 Å². The molecule has 34 heavy (non-hydrogen) atoms. The van der Waals surface area contributed by atoms with Gasteiger partial charge in [-0.05, 0) is 53.5 Å². The van der Waals surface area contributed by atoms with Crippen LogP contribution in [-0.4, -0.2) is 17.0 Å². The van der Waals surface area contributed by atoms with Crippen LogP contribution in [0.4, 0.5) is 0 Å². The van der Waals surface area contributed by atoms with Crippen LogP contribution < -0.4 is 0 Å². The fourth-order valence-electron chi connectivity index (χ4n) is 4.55. The fourth-order valence-corrected chi connectivity index (χ4v) is 5.92. The molecule has 1 fully saturated rings. The SMILES string of the molecule is Cc1ccc(C(C)(C)C)c(SC2C(=O)C[C@@](CCc3ccccc3)(c3ccccc3)OC2=O)c1. The van der Waals surface area contributed by atoms with E-state index in [0.29, 0.717) is 6.42 Å². The van der Waals surface area contributed by atoms with E-state index < -0.39 is 16.8 Å². The summed E-state index contributed by atoms with van der Waals surface area (Å²) in [6, 6.07) is 26.1. The molecule has 0 saturated carbocycles. The van der Waals surface area contributed by atoms with Gasteiger partial charge in [-0.3, -0.25) is 9.59 Å². The molecule has 3 aromatic carbocycles. The van der Waals surface area contributed by atoms with Crippen molar-refractivity contribution in [2.75, 3.05) is 0 Å². The lowest BCUT2D eigenvalue weighted by Crippen LogP contribution is -2.47. The van der Waals surface area contributed by atoms with Crippen LogP contribution in [0.15, 0.2) is 83.8 Å². The zero-order valence-corrected chi connectivity index (χ0v) is 21.2. The van der Waals surface area contributed by atoms with Crippen LogP contribution in [0.3, 0.4) is 0 Å². The number of carbonyl (C=O) groups excluding carboxylic acids is 2. The maximum Gasteiger partial charge on any atom is 0.327 e. The lowest BCUT2D eigenvalue weighted by atomic mass is 9.81.